The third-order valence-corrected chi connectivity index (χ3v) is 13.7. The van der Waals surface area contributed by atoms with E-state index in [4.69, 9.17) is 0 Å². The van der Waals surface area contributed by atoms with Crippen molar-refractivity contribution < 1.29 is 0 Å². The van der Waals surface area contributed by atoms with Gasteiger partial charge >= 0.3 is 0 Å². The van der Waals surface area contributed by atoms with Gasteiger partial charge in [-0.3, -0.25) is 0 Å². The van der Waals surface area contributed by atoms with Crippen LogP contribution in [0.1, 0.15) is 106 Å². The van der Waals surface area contributed by atoms with Gasteiger partial charge in [-0.05, 0) is 148 Å². The fourth-order valence-corrected chi connectivity index (χ4v) is 11.0. The molecule has 6 aromatic carbocycles. The maximum Gasteiger partial charge on any atom is 0.0471 e. The van der Waals surface area contributed by atoms with Gasteiger partial charge in [0.05, 0.1) is 0 Å². The highest BCUT2D eigenvalue weighted by molar-refractivity contribution is 5.96. The van der Waals surface area contributed by atoms with Gasteiger partial charge in [-0.2, -0.15) is 0 Å². The van der Waals surface area contributed by atoms with Gasteiger partial charge in [0, 0.05) is 22.5 Å². The van der Waals surface area contributed by atoms with Crippen molar-refractivity contribution in [1.29, 1.82) is 0 Å². The summed E-state index contributed by atoms with van der Waals surface area (Å²) in [6.45, 7) is 4.81. The van der Waals surface area contributed by atoms with Crippen LogP contribution in [0.25, 0.3) is 33.4 Å². The lowest BCUT2D eigenvalue weighted by Crippen LogP contribution is -2.17. The molecular formula is C52H51N. The average Bonchev–Trinajstić information content (AvgIpc) is 3.92. The van der Waals surface area contributed by atoms with Crippen molar-refractivity contribution in [2.45, 2.75) is 88.9 Å². The SMILES string of the molecule is CC1(C)c2ccccc2-c2c(-c3ccccc3)cc(N(c3ccc(-c4cccc(C5CCCCC5)c4)cc3)c3ccc(C4CC5CCC4C5)cc3)cc21. The Balaban J connectivity index is 1.10. The van der Waals surface area contributed by atoms with Gasteiger partial charge in [0.15, 0.2) is 0 Å². The van der Waals surface area contributed by atoms with Crippen molar-refractivity contribution in [3.63, 3.8) is 0 Å². The zero-order valence-electron chi connectivity index (χ0n) is 31.4. The van der Waals surface area contributed by atoms with Crippen molar-refractivity contribution in [2.24, 2.45) is 11.8 Å². The van der Waals surface area contributed by atoms with Crippen LogP contribution in [-0.4, -0.2) is 0 Å². The molecule has 264 valence electrons. The summed E-state index contributed by atoms with van der Waals surface area (Å²) in [6.07, 6.45) is 12.4. The number of nitrogens with zero attached hydrogens (tertiary/aromatic N) is 1. The number of hydrogen-bond donors (Lipinski definition) is 0. The first-order valence-corrected chi connectivity index (χ1v) is 20.5. The number of hydrogen-bond acceptors (Lipinski definition) is 1. The third-order valence-electron chi connectivity index (χ3n) is 13.7. The van der Waals surface area contributed by atoms with Gasteiger partial charge < -0.3 is 4.90 Å². The first-order chi connectivity index (χ1) is 26.0. The Labute approximate surface area is 316 Å². The molecule has 3 fully saturated rings. The first kappa shape index (κ1) is 32.7. The number of benzene rings is 6. The molecule has 10 rings (SSSR count). The van der Waals surface area contributed by atoms with Crippen molar-refractivity contribution in [3.8, 4) is 33.4 Å². The Kier molecular flexibility index (Phi) is 8.16. The van der Waals surface area contributed by atoms with E-state index in [2.05, 4.69) is 158 Å². The van der Waals surface area contributed by atoms with Crippen LogP contribution in [0, 0.1) is 11.8 Å². The van der Waals surface area contributed by atoms with Crippen molar-refractivity contribution in [3.05, 3.63) is 162 Å². The fourth-order valence-electron chi connectivity index (χ4n) is 11.0. The Morgan fingerprint density at radius 1 is 0.491 bits per heavy atom. The van der Waals surface area contributed by atoms with Gasteiger partial charge in [-0.15, -0.1) is 0 Å². The van der Waals surface area contributed by atoms with Crippen LogP contribution in [0.2, 0.25) is 0 Å². The van der Waals surface area contributed by atoms with Crippen LogP contribution >= 0.6 is 0 Å². The zero-order valence-corrected chi connectivity index (χ0v) is 31.4. The largest absolute Gasteiger partial charge is 0.310 e. The summed E-state index contributed by atoms with van der Waals surface area (Å²) >= 11 is 0. The van der Waals surface area contributed by atoms with Crippen LogP contribution < -0.4 is 4.90 Å². The highest BCUT2D eigenvalue weighted by Crippen LogP contribution is 2.55. The fraction of sp³-hybridized carbons (Fsp3) is 0.308. The van der Waals surface area contributed by atoms with E-state index in [1.807, 2.05) is 0 Å². The van der Waals surface area contributed by atoms with Crippen LogP contribution in [0.4, 0.5) is 17.1 Å². The van der Waals surface area contributed by atoms with Crippen LogP contribution in [0.15, 0.2) is 140 Å². The van der Waals surface area contributed by atoms with E-state index in [0.29, 0.717) is 5.92 Å². The molecule has 1 nitrogen and oxygen atoms in total. The highest BCUT2D eigenvalue weighted by Gasteiger charge is 2.40. The van der Waals surface area contributed by atoms with E-state index in [-0.39, 0.29) is 5.41 Å². The van der Waals surface area contributed by atoms with E-state index in [1.165, 1.54) is 130 Å². The molecule has 3 atom stereocenters. The minimum atomic E-state index is -0.115. The molecule has 4 aliphatic carbocycles. The van der Waals surface area contributed by atoms with E-state index in [0.717, 1.165) is 17.8 Å². The van der Waals surface area contributed by atoms with E-state index < -0.39 is 0 Å². The smallest absolute Gasteiger partial charge is 0.0471 e. The molecule has 0 heterocycles. The molecule has 0 aromatic heterocycles. The minimum absolute atomic E-state index is 0.115. The van der Waals surface area contributed by atoms with E-state index in [1.54, 1.807) is 0 Å². The predicted molar refractivity (Wildman–Crippen MR) is 224 cm³/mol. The molecule has 0 aliphatic heterocycles. The van der Waals surface area contributed by atoms with Gasteiger partial charge in [0.1, 0.15) is 0 Å². The minimum Gasteiger partial charge on any atom is -0.310 e. The topological polar surface area (TPSA) is 3.24 Å². The Hall–Kier alpha value is -4.88. The van der Waals surface area contributed by atoms with Crippen LogP contribution in [-0.2, 0) is 5.41 Å². The van der Waals surface area contributed by atoms with Crippen LogP contribution in [0.3, 0.4) is 0 Å². The molecule has 1 heteroatoms. The average molecular weight is 690 g/mol. The summed E-state index contributed by atoms with van der Waals surface area (Å²) in [5.41, 5.74) is 17.3. The second-order valence-electron chi connectivity index (χ2n) is 17.2. The van der Waals surface area contributed by atoms with Crippen LogP contribution in [0.5, 0.6) is 0 Å². The monoisotopic (exact) mass is 689 g/mol. The van der Waals surface area contributed by atoms with Crippen molar-refractivity contribution in [2.75, 3.05) is 4.90 Å². The lowest BCUT2D eigenvalue weighted by atomic mass is 9.81. The summed E-state index contributed by atoms with van der Waals surface area (Å²) in [7, 11) is 0. The number of fused-ring (bicyclic) bond motifs is 5. The van der Waals surface area contributed by atoms with Gasteiger partial charge in [-0.1, -0.05) is 143 Å². The molecule has 2 bridgehead atoms. The van der Waals surface area contributed by atoms with E-state index in [9.17, 15) is 0 Å². The summed E-state index contributed by atoms with van der Waals surface area (Å²) in [5.74, 6) is 3.25. The molecule has 4 aliphatic rings. The maximum atomic E-state index is 2.51. The Bertz CT molecular complexity index is 2250. The molecule has 0 amide bonds. The standard InChI is InChI=1S/C52H51N/c1-52(2)49-19-10-9-18-46(49)51-48(38-14-7-4-8-15-38)33-45(34-50(51)52)53(44-28-24-39(25-29-44)47-31-35-20-21-42(47)30-35)43-26-22-37(23-27-43)41-17-11-16-40(32-41)36-12-5-3-6-13-36/h4,7-11,14-19,22-29,32-36,42,47H,3,5-6,12-13,20-21,30-31H2,1-2H3. The first-order valence-electron chi connectivity index (χ1n) is 20.5. The van der Waals surface area contributed by atoms with Gasteiger partial charge in [-0.25, -0.2) is 0 Å². The molecule has 3 unspecified atom stereocenters. The molecule has 0 saturated heterocycles. The normalized spacial score (nSPS) is 21.4. The third kappa shape index (κ3) is 5.75. The van der Waals surface area contributed by atoms with Gasteiger partial charge in [0.25, 0.3) is 0 Å². The van der Waals surface area contributed by atoms with Gasteiger partial charge in [0.2, 0.25) is 0 Å². The zero-order chi connectivity index (χ0) is 35.5. The van der Waals surface area contributed by atoms with Crippen molar-refractivity contribution in [1.82, 2.24) is 0 Å². The summed E-state index contributed by atoms with van der Waals surface area (Å²) in [5, 5.41) is 0. The van der Waals surface area contributed by atoms with E-state index >= 15 is 0 Å². The number of anilines is 3. The summed E-state index contributed by atoms with van der Waals surface area (Å²) < 4.78 is 0. The number of rotatable bonds is 7. The summed E-state index contributed by atoms with van der Waals surface area (Å²) in [6, 6.07) is 53.5. The molecule has 0 N–H and O–H groups in total. The molecule has 3 saturated carbocycles. The summed E-state index contributed by atoms with van der Waals surface area (Å²) in [4.78, 5) is 2.51. The predicted octanol–water partition coefficient (Wildman–Crippen LogP) is 14.7. The molecule has 53 heavy (non-hydrogen) atoms. The maximum absolute atomic E-state index is 2.51. The Morgan fingerprint density at radius 3 is 1.94 bits per heavy atom. The lowest BCUT2D eigenvalue weighted by Gasteiger charge is -2.30. The quantitative estimate of drug-likeness (QED) is 0.161. The highest BCUT2D eigenvalue weighted by atomic mass is 15.1. The second kappa shape index (κ2) is 13.2. The molecular weight excluding hydrogens is 639 g/mol. The molecule has 0 radical (unpaired) electrons. The molecule has 0 spiro atoms. The van der Waals surface area contributed by atoms with Crippen molar-refractivity contribution >= 4 is 17.1 Å². The Morgan fingerprint density at radius 2 is 1.21 bits per heavy atom. The second-order valence-corrected chi connectivity index (χ2v) is 17.2. The lowest BCUT2D eigenvalue weighted by molar-refractivity contribution is 0.420. The molecule has 6 aromatic rings.